The highest BCUT2D eigenvalue weighted by molar-refractivity contribution is 5.68. The zero-order chi connectivity index (χ0) is 7.61. The van der Waals surface area contributed by atoms with Gasteiger partial charge in [-0.3, -0.25) is 10.5 Å². The van der Waals surface area contributed by atoms with Gasteiger partial charge in [-0.05, 0) is 6.08 Å². The lowest BCUT2D eigenvalue weighted by Gasteiger charge is -2.20. The van der Waals surface area contributed by atoms with Crippen LogP contribution < -0.4 is 5.73 Å². The molecule has 4 heteroatoms. The molecule has 1 heterocycles. The Kier molecular flexibility index (Phi) is 1.63. The van der Waals surface area contributed by atoms with Crippen LogP contribution in [0, 0.1) is 0 Å². The van der Waals surface area contributed by atoms with Crippen molar-refractivity contribution < 1.29 is 14.6 Å². The number of aliphatic carboxylic acids is 1. The van der Waals surface area contributed by atoms with E-state index in [2.05, 4.69) is 0 Å². The minimum absolute atomic E-state index is 0.153. The van der Waals surface area contributed by atoms with Crippen molar-refractivity contribution in [1.82, 2.24) is 0 Å². The molecule has 0 spiro atoms. The van der Waals surface area contributed by atoms with Gasteiger partial charge in [0.05, 0.1) is 12.7 Å². The minimum atomic E-state index is -0.994. The Morgan fingerprint density at radius 1 is 1.90 bits per heavy atom. The SMILES string of the molecule is N[C@@]1(CC(=O)O)CC=CO1. The third-order valence-electron chi connectivity index (χ3n) is 1.31. The van der Waals surface area contributed by atoms with Crippen LogP contribution in [0.25, 0.3) is 0 Å². The zero-order valence-corrected chi connectivity index (χ0v) is 5.41. The van der Waals surface area contributed by atoms with E-state index in [9.17, 15) is 4.79 Å². The van der Waals surface area contributed by atoms with Gasteiger partial charge in [0.15, 0.2) is 5.72 Å². The van der Waals surface area contributed by atoms with Crippen molar-refractivity contribution in [3.05, 3.63) is 12.3 Å². The number of rotatable bonds is 2. The van der Waals surface area contributed by atoms with Crippen molar-refractivity contribution in [3.8, 4) is 0 Å². The number of nitrogens with two attached hydrogens (primary N) is 1. The Bertz CT molecular complexity index is 168. The molecule has 10 heavy (non-hydrogen) atoms. The first-order valence-corrected chi connectivity index (χ1v) is 2.96. The Morgan fingerprint density at radius 3 is 3.00 bits per heavy atom. The lowest BCUT2D eigenvalue weighted by molar-refractivity contribution is -0.142. The molecule has 0 radical (unpaired) electrons. The largest absolute Gasteiger partial charge is 0.481 e. The summed E-state index contributed by atoms with van der Waals surface area (Å²) in [6.07, 6.45) is 3.46. The van der Waals surface area contributed by atoms with Gasteiger partial charge in [-0.25, -0.2) is 0 Å². The number of carbonyl (C=O) groups is 1. The van der Waals surface area contributed by atoms with Gasteiger partial charge in [0.25, 0.3) is 0 Å². The van der Waals surface area contributed by atoms with E-state index in [4.69, 9.17) is 15.6 Å². The Hall–Kier alpha value is -1.03. The van der Waals surface area contributed by atoms with Gasteiger partial charge in [0.2, 0.25) is 0 Å². The van der Waals surface area contributed by atoms with E-state index >= 15 is 0 Å². The average molecular weight is 143 g/mol. The van der Waals surface area contributed by atoms with E-state index in [0.29, 0.717) is 6.42 Å². The quantitative estimate of drug-likeness (QED) is 0.572. The van der Waals surface area contributed by atoms with E-state index in [1.54, 1.807) is 6.08 Å². The summed E-state index contributed by atoms with van der Waals surface area (Å²) in [5, 5.41) is 8.35. The number of ether oxygens (including phenoxy) is 1. The smallest absolute Gasteiger partial charge is 0.308 e. The summed E-state index contributed by atoms with van der Waals surface area (Å²) in [7, 11) is 0. The first kappa shape index (κ1) is 7.08. The van der Waals surface area contributed by atoms with E-state index in [1.807, 2.05) is 0 Å². The Labute approximate surface area is 58.3 Å². The van der Waals surface area contributed by atoms with Gasteiger partial charge in [-0.15, -0.1) is 0 Å². The van der Waals surface area contributed by atoms with Crippen molar-refractivity contribution in [2.24, 2.45) is 5.73 Å². The second-order valence-corrected chi connectivity index (χ2v) is 2.33. The summed E-state index contributed by atoms with van der Waals surface area (Å²) in [6, 6.07) is 0. The highest BCUT2D eigenvalue weighted by Gasteiger charge is 2.30. The summed E-state index contributed by atoms with van der Waals surface area (Å²) in [5.41, 5.74) is 4.50. The maximum absolute atomic E-state index is 10.2. The third kappa shape index (κ3) is 1.48. The van der Waals surface area contributed by atoms with Gasteiger partial charge < -0.3 is 9.84 Å². The molecule has 56 valence electrons. The molecule has 1 aliphatic rings. The van der Waals surface area contributed by atoms with Crippen LogP contribution in [0.5, 0.6) is 0 Å². The zero-order valence-electron chi connectivity index (χ0n) is 5.41. The molecule has 0 aromatic rings. The second kappa shape index (κ2) is 2.30. The molecule has 0 aliphatic carbocycles. The van der Waals surface area contributed by atoms with Crippen molar-refractivity contribution >= 4 is 5.97 Å². The molecular weight excluding hydrogens is 134 g/mol. The molecule has 0 saturated carbocycles. The molecule has 0 aromatic heterocycles. The standard InChI is InChI=1S/C6H9NO3/c7-6(4-5(8)9)2-1-3-10-6/h1,3H,2,4,7H2,(H,8,9)/t6-/m0/s1. The maximum atomic E-state index is 10.2. The molecule has 0 saturated heterocycles. The van der Waals surface area contributed by atoms with Crippen molar-refractivity contribution in [2.45, 2.75) is 18.6 Å². The van der Waals surface area contributed by atoms with E-state index in [0.717, 1.165) is 0 Å². The molecule has 0 fully saturated rings. The molecule has 0 aromatic carbocycles. The van der Waals surface area contributed by atoms with Crippen LogP contribution in [0.3, 0.4) is 0 Å². The minimum Gasteiger partial charge on any atom is -0.481 e. The van der Waals surface area contributed by atoms with Crippen LogP contribution >= 0.6 is 0 Å². The van der Waals surface area contributed by atoms with Crippen LogP contribution in [0.15, 0.2) is 12.3 Å². The van der Waals surface area contributed by atoms with Crippen molar-refractivity contribution in [3.63, 3.8) is 0 Å². The molecule has 1 aliphatic heterocycles. The van der Waals surface area contributed by atoms with E-state index in [1.165, 1.54) is 6.26 Å². The molecule has 1 atom stereocenters. The first-order valence-electron chi connectivity index (χ1n) is 2.96. The summed E-state index contributed by atoms with van der Waals surface area (Å²) in [6.45, 7) is 0. The predicted octanol–water partition coefficient (Wildman–Crippen LogP) is 0.0501. The van der Waals surface area contributed by atoms with Crippen molar-refractivity contribution in [2.75, 3.05) is 0 Å². The maximum Gasteiger partial charge on any atom is 0.308 e. The van der Waals surface area contributed by atoms with Crippen LogP contribution in [-0.2, 0) is 9.53 Å². The number of hydrogen-bond acceptors (Lipinski definition) is 3. The summed E-state index contributed by atoms with van der Waals surface area (Å²) < 4.78 is 4.87. The second-order valence-electron chi connectivity index (χ2n) is 2.33. The van der Waals surface area contributed by atoms with Gasteiger partial charge in [-0.1, -0.05) is 0 Å². The summed E-state index contributed by atoms with van der Waals surface area (Å²) in [5.74, 6) is -0.939. The average Bonchev–Trinajstić information content (AvgIpc) is 2.12. The number of hydrogen-bond donors (Lipinski definition) is 2. The molecule has 4 nitrogen and oxygen atoms in total. The first-order chi connectivity index (χ1) is 4.62. The highest BCUT2D eigenvalue weighted by atomic mass is 16.5. The van der Waals surface area contributed by atoms with Gasteiger partial charge in [0.1, 0.15) is 0 Å². The van der Waals surface area contributed by atoms with Crippen LogP contribution in [0.1, 0.15) is 12.8 Å². The van der Waals surface area contributed by atoms with Gasteiger partial charge in [-0.2, -0.15) is 0 Å². The van der Waals surface area contributed by atoms with Crippen LogP contribution in [-0.4, -0.2) is 16.8 Å². The Balaban J connectivity index is 2.46. The highest BCUT2D eigenvalue weighted by Crippen LogP contribution is 2.20. The summed E-state index contributed by atoms with van der Waals surface area (Å²) in [4.78, 5) is 10.2. The Morgan fingerprint density at radius 2 is 2.60 bits per heavy atom. The monoisotopic (exact) mass is 143 g/mol. The van der Waals surface area contributed by atoms with Crippen molar-refractivity contribution in [1.29, 1.82) is 0 Å². The van der Waals surface area contributed by atoms with Crippen LogP contribution in [0.2, 0.25) is 0 Å². The number of carboxylic acids is 1. The lowest BCUT2D eigenvalue weighted by atomic mass is 10.1. The lowest BCUT2D eigenvalue weighted by Crippen LogP contribution is -2.40. The molecule has 0 bridgehead atoms. The van der Waals surface area contributed by atoms with E-state index < -0.39 is 11.7 Å². The van der Waals surface area contributed by atoms with Crippen LogP contribution in [0.4, 0.5) is 0 Å². The van der Waals surface area contributed by atoms with Gasteiger partial charge in [0, 0.05) is 6.42 Å². The fourth-order valence-electron chi connectivity index (χ4n) is 0.849. The molecular formula is C6H9NO3. The number of carboxylic acid groups (broad SMARTS) is 1. The van der Waals surface area contributed by atoms with E-state index in [-0.39, 0.29) is 6.42 Å². The molecule has 1 rings (SSSR count). The predicted molar refractivity (Wildman–Crippen MR) is 34.0 cm³/mol. The molecule has 3 N–H and O–H groups in total. The fourth-order valence-corrected chi connectivity index (χ4v) is 0.849. The molecule has 0 amide bonds. The normalized spacial score (nSPS) is 30.1. The fraction of sp³-hybridized carbons (Fsp3) is 0.500. The van der Waals surface area contributed by atoms with Gasteiger partial charge >= 0.3 is 5.97 Å². The summed E-state index contributed by atoms with van der Waals surface area (Å²) >= 11 is 0. The third-order valence-corrected chi connectivity index (χ3v) is 1.31. The molecule has 0 unspecified atom stereocenters. The topological polar surface area (TPSA) is 72.6 Å².